The van der Waals surface area contributed by atoms with Crippen LogP contribution >= 0.6 is 11.8 Å². The molecule has 0 atom stereocenters. The Morgan fingerprint density at radius 1 is 1.00 bits per heavy atom. The normalized spacial score (nSPS) is 10.2. The van der Waals surface area contributed by atoms with E-state index in [2.05, 4.69) is 0 Å². The largest absolute Gasteiger partial charge is 0.508 e. The van der Waals surface area contributed by atoms with Gasteiger partial charge in [-0.15, -0.1) is 11.8 Å². The first kappa shape index (κ1) is 13.6. The van der Waals surface area contributed by atoms with Gasteiger partial charge in [-0.25, -0.2) is 0 Å². The molecule has 0 radical (unpaired) electrons. The zero-order valence-electron chi connectivity index (χ0n) is 10.9. The molecule has 0 aliphatic carbocycles. The Morgan fingerprint density at radius 3 is 2.37 bits per heavy atom. The molecule has 4 heteroatoms. The molecule has 0 saturated carbocycles. The van der Waals surface area contributed by atoms with E-state index in [0.29, 0.717) is 0 Å². The van der Waals surface area contributed by atoms with Crippen molar-refractivity contribution in [3.8, 4) is 17.2 Å². The molecule has 1 N–H and O–H groups in total. The average Bonchev–Trinajstić information content (AvgIpc) is 2.46. The minimum Gasteiger partial charge on any atom is -0.508 e. The standard InChI is InChI=1S/C15H16O3S/c1-17-13-5-8-15(18-2)11(9-13)10-19-14-6-3-12(16)4-7-14/h3-9,16H,10H2,1-2H3. The molecule has 2 rings (SSSR count). The number of ether oxygens (including phenoxy) is 2. The number of aromatic hydroxyl groups is 1. The lowest BCUT2D eigenvalue weighted by atomic mass is 10.2. The van der Waals surface area contributed by atoms with Gasteiger partial charge in [0.2, 0.25) is 0 Å². The number of phenolic OH excluding ortho intramolecular Hbond substituents is 1. The third-order valence-electron chi connectivity index (χ3n) is 2.72. The zero-order chi connectivity index (χ0) is 13.7. The molecule has 0 bridgehead atoms. The molecular formula is C15H16O3S. The fourth-order valence-electron chi connectivity index (χ4n) is 1.70. The van der Waals surface area contributed by atoms with Gasteiger partial charge in [0.25, 0.3) is 0 Å². The van der Waals surface area contributed by atoms with E-state index >= 15 is 0 Å². The third-order valence-corrected chi connectivity index (χ3v) is 3.78. The van der Waals surface area contributed by atoms with Gasteiger partial charge in [0.15, 0.2) is 0 Å². The van der Waals surface area contributed by atoms with Crippen LogP contribution in [-0.4, -0.2) is 19.3 Å². The van der Waals surface area contributed by atoms with Crippen molar-refractivity contribution in [2.75, 3.05) is 14.2 Å². The Bertz CT molecular complexity index is 538. The monoisotopic (exact) mass is 276 g/mol. The molecule has 0 heterocycles. The van der Waals surface area contributed by atoms with Crippen LogP contribution in [0.15, 0.2) is 47.4 Å². The van der Waals surface area contributed by atoms with E-state index in [1.807, 2.05) is 30.3 Å². The lowest BCUT2D eigenvalue weighted by Gasteiger charge is -2.10. The van der Waals surface area contributed by atoms with Crippen LogP contribution in [0.2, 0.25) is 0 Å². The van der Waals surface area contributed by atoms with E-state index in [4.69, 9.17) is 9.47 Å². The van der Waals surface area contributed by atoms with Crippen molar-refractivity contribution in [1.82, 2.24) is 0 Å². The predicted octanol–water partition coefficient (Wildman–Crippen LogP) is 3.70. The summed E-state index contributed by atoms with van der Waals surface area (Å²) in [4.78, 5) is 1.10. The molecule has 0 spiro atoms. The van der Waals surface area contributed by atoms with E-state index in [9.17, 15) is 5.11 Å². The van der Waals surface area contributed by atoms with Gasteiger partial charge >= 0.3 is 0 Å². The summed E-state index contributed by atoms with van der Waals surface area (Å²) in [6.07, 6.45) is 0. The van der Waals surface area contributed by atoms with Crippen molar-refractivity contribution >= 4 is 11.8 Å². The lowest BCUT2D eigenvalue weighted by Crippen LogP contribution is -1.92. The second kappa shape index (κ2) is 6.38. The SMILES string of the molecule is COc1ccc(OC)c(CSc2ccc(O)cc2)c1. The highest BCUT2D eigenvalue weighted by Crippen LogP contribution is 2.31. The highest BCUT2D eigenvalue weighted by Gasteiger charge is 2.06. The third kappa shape index (κ3) is 3.58. The quantitative estimate of drug-likeness (QED) is 0.845. The number of phenols is 1. The summed E-state index contributed by atoms with van der Waals surface area (Å²) in [5, 5.41) is 9.25. The van der Waals surface area contributed by atoms with Crippen LogP contribution in [-0.2, 0) is 5.75 Å². The topological polar surface area (TPSA) is 38.7 Å². The van der Waals surface area contributed by atoms with Gasteiger partial charge in [-0.2, -0.15) is 0 Å². The van der Waals surface area contributed by atoms with Crippen LogP contribution in [0.3, 0.4) is 0 Å². The number of hydrogen-bond donors (Lipinski definition) is 1. The first-order valence-electron chi connectivity index (χ1n) is 5.85. The fourth-order valence-corrected chi connectivity index (χ4v) is 2.57. The maximum Gasteiger partial charge on any atom is 0.123 e. The fraction of sp³-hybridized carbons (Fsp3) is 0.200. The molecule has 0 saturated heterocycles. The van der Waals surface area contributed by atoms with Gasteiger partial charge in [-0.1, -0.05) is 0 Å². The van der Waals surface area contributed by atoms with E-state index in [0.717, 1.165) is 27.7 Å². The van der Waals surface area contributed by atoms with Crippen molar-refractivity contribution in [2.24, 2.45) is 0 Å². The average molecular weight is 276 g/mol. The van der Waals surface area contributed by atoms with E-state index in [-0.39, 0.29) is 5.75 Å². The Balaban J connectivity index is 2.11. The first-order valence-corrected chi connectivity index (χ1v) is 6.84. The molecule has 19 heavy (non-hydrogen) atoms. The maximum absolute atomic E-state index is 9.25. The predicted molar refractivity (Wildman–Crippen MR) is 77.2 cm³/mol. The summed E-state index contributed by atoms with van der Waals surface area (Å²) < 4.78 is 10.6. The van der Waals surface area contributed by atoms with Crippen molar-refractivity contribution in [3.05, 3.63) is 48.0 Å². The van der Waals surface area contributed by atoms with E-state index in [1.54, 1.807) is 38.1 Å². The van der Waals surface area contributed by atoms with Crippen molar-refractivity contribution in [2.45, 2.75) is 10.6 Å². The van der Waals surface area contributed by atoms with Gasteiger partial charge < -0.3 is 14.6 Å². The Kier molecular flexibility index (Phi) is 4.58. The molecule has 0 unspecified atom stereocenters. The summed E-state index contributed by atoms with van der Waals surface area (Å²) in [6, 6.07) is 12.9. The van der Waals surface area contributed by atoms with Crippen LogP contribution in [0.5, 0.6) is 17.2 Å². The molecular weight excluding hydrogens is 260 g/mol. The number of rotatable bonds is 5. The molecule has 0 aromatic heterocycles. The van der Waals surface area contributed by atoms with Gasteiger partial charge in [0, 0.05) is 16.2 Å². The highest BCUT2D eigenvalue weighted by atomic mass is 32.2. The van der Waals surface area contributed by atoms with Crippen LogP contribution in [0.25, 0.3) is 0 Å². The minimum atomic E-state index is 0.281. The van der Waals surface area contributed by atoms with Crippen LogP contribution in [0.1, 0.15) is 5.56 Å². The molecule has 2 aromatic rings. The lowest BCUT2D eigenvalue weighted by molar-refractivity contribution is 0.400. The summed E-state index contributed by atoms with van der Waals surface area (Å²) >= 11 is 1.68. The van der Waals surface area contributed by atoms with Crippen molar-refractivity contribution < 1.29 is 14.6 Å². The zero-order valence-corrected chi connectivity index (χ0v) is 11.7. The molecule has 0 fully saturated rings. The maximum atomic E-state index is 9.25. The molecule has 3 nitrogen and oxygen atoms in total. The van der Waals surface area contributed by atoms with Crippen LogP contribution in [0, 0.1) is 0 Å². The second-order valence-corrected chi connectivity index (χ2v) is 5.01. The van der Waals surface area contributed by atoms with Gasteiger partial charge in [0.05, 0.1) is 14.2 Å². The van der Waals surface area contributed by atoms with Crippen LogP contribution < -0.4 is 9.47 Å². The van der Waals surface area contributed by atoms with Crippen molar-refractivity contribution in [3.63, 3.8) is 0 Å². The summed E-state index contributed by atoms with van der Waals surface area (Å²) in [5.74, 6) is 2.74. The molecule has 0 aliphatic rings. The highest BCUT2D eigenvalue weighted by molar-refractivity contribution is 7.98. The van der Waals surface area contributed by atoms with Crippen molar-refractivity contribution in [1.29, 1.82) is 0 Å². The molecule has 2 aromatic carbocycles. The van der Waals surface area contributed by atoms with Gasteiger partial charge in [-0.05, 0) is 42.5 Å². The Hall–Kier alpha value is -1.81. The van der Waals surface area contributed by atoms with E-state index in [1.165, 1.54) is 0 Å². The summed E-state index contributed by atoms with van der Waals surface area (Å²) in [5.41, 5.74) is 1.08. The molecule has 0 amide bonds. The Labute approximate surface area is 117 Å². The molecule has 100 valence electrons. The minimum absolute atomic E-state index is 0.281. The van der Waals surface area contributed by atoms with Gasteiger partial charge in [0.1, 0.15) is 17.2 Å². The summed E-state index contributed by atoms with van der Waals surface area (Å²) in [6.45, 7) is 0. The second-order valence-electron chi connectivity index (χ2n) is 3.96. The van der Waals surface area contributed by atoms with E-state index < -0.39 is 0 Å². The Morgan fingerprint density at radius 2 is 1.74 bits per heavy atom. The van der Waals surface area contributed by atoms with Gasteiger partial charge in [-0.3, -0.25) is 0 Å². The number of thioether (sulfide) groups is 1. The smallest absolute Gasteiger partial charge is 0.123 e. The molecule has 0 aliphatic heterocycles. The number of methoxy groups -OCH3 is 2. The number of hydrogen-bond acceptors (Lipinski definition) is 4. The number of benzene rings is 2. The van der Waals surface area contributed by atoms with Crippen LogP contribution in [0.4, 0.5) is 0 Å². The first-order chi connectivity index (χ1) is 9.22. The summed E-state index contributed by atoms with van der Waals surface area (Å²) in [7, 11) is 3.31.